The Labute approximate surface area is 130 Å². The molecule has 0 aromatic carbocycles. The first-order valence-corrected chi connectivity index (χ1v) is 8.11. The van der Waals surface area contributed by atoms with Crippen LogP contribution in [0.3, 0.4) is 0 Å². The predicted octanol–water partition coefficient (Wildman–Crippen LogP) is 2.29. The van der Waals surface area contributed by atoms with Gasteiger partial charge in [-0.15, -0.1) is 22.7 Å². The van der Waals surface area contributed by atoms with E-state index in [0.29, 0.717) is 5.13 Å². The molecule has 2 amide bonds. The van der Waals surface area contributed by atoms with E-state index in [-0.39, 0.29) is 6.04 Å². The fourth-order valence-electron chi connectivity index (χ4n) is 1.58. The van der Waals surface area contributed by atoms with Crippen molar-refractivity contribution in [2.24, 2.45) is 0 Å². The Bertz CT molecular complexity index is 650. The number of aromatic nitrogens is 2. The monoisotopic (exact) mass is 324 g/mol. The lowest BCUT2D eigenvalue weighted by atomic mass is 10.3. The molecule has 8 heteroatoms. The number of nitrogens with zero attached hydrogens (tertiary/aromatic N) is 2. The van der Waals surface area contributed by atoms with Crippen molar-refractivity contribution in [1.82, 2.24) is 15.3 Å². The van der Waals surface area contributed by atoms with Crippen molar-refractivity contribution in [1.29, 1.82) is 0 Å². The molecule has 0 bridgehead atoms. The third-order valence-electron chi connectivity index (χ3n) is 2.69. The zero-order valence-electron chi connectivity index (χ0n) is 12.0. The zero-order chi connectivity index (χ0) is 15.4. The molecule has 0 saturated heterocycles. The molecule has 1 unspecified atom stereocenters. The van der Waals surface area contributed by atoms with Crippen LogP contribution in [0.2, 0.25) is 0 Å². The summed E-state index contributed by atoms with van der Waals surface area (Å²) in [6, 6.07) is -0.299. The van der Waals surface area contributed by atoms with Gasteiger partial charge in [0.15, 0.2) is 5.13 Å². The lowest BCUT2D eigenvalue weighted by Crippen LogP contribution is -2.36. The fourth-order valence-corrected chi connectivity index (χ4v) is 3.10. The van der Waals surface area contributed by atoms with Gasteiger partial charge in [-0.3, -0.25) is 14.9 Å². The molecule has 112 valence electrons. The summed E-state index contributed by atoms with van der Waals surface area (Å²) < 4.78 is 0. The predicted molar refractivity (Wildman–Crippen MR) is 83.5 cm³/mol. The maximum Gasteiger partial charge on any atom is 0.315 e. The Hall–Kier alpha value is -1.80. The van der Waals surface area contributed by atoms with Crippen LogP contribution in [-0.2, 0) is 16.0 Å². The average Bonchev–Trinajstić information content (AvgIpc) is 3.07. The number of rotatable bonds is 4. The van der Waals surface area contributed by atoms with Crippen molar-refractivity contribution in [3.63, 3.8) is 0 Å². The lowest BCUT2D eigenvalue weighted by molar-refractivity contribution is -0.136. The molecule has 0 spiro atoms. The largest absolute Gasteiger partial charge is 0.339 e. The van der Waals surface area contributed by atoms with Gasteiger partial charge in [-0.1, -0.05) is 6.92 Å². The minimum absolute atomic E-state index is 0.299. The van der Waals surface area contributed by atoms with Gasteiger partial charge in [-0.2, -0.15) is 0 Å². The molecule has 0 aliphatic carbocycles. The van der Waals surface area contributed by atoms with E-state index >= 15 is 0 Å². The van der Waals surface area contributed by atoms with Crippen molar-refractivity contribution in [2.45, 2.75) is 33.2 Å². The van der Waals surface area contributed by atoms with Crippen molar-refractivity contribution < 1.29 is 9.59 Å². The van der Waals surface area contributed by atoms with Crippen LogP contribution in [0.15, 0.2) is 12.4 Å². The molecule has 0 saturated carbocycles. The highest BCUT2D eigenvalue weighted by molar-refractivity contribution is 7.15. The van der Waals surface area contributed by atoms with Crippen LogP contribution in [0.5, 0.6) is 0 Å². The Balaban J connectivity index is 1.92. The summed E-state index contributed by atoms with van der Waals surface area (Å²) in [4.78, 5) is 34.0. The SMILES string of the molecule is CCc1cnc(C(C)NC(=O)C(=O)Nc2ncc(C)s2)s1. The second kappa shape index (κ2) is 6.77. The van der Waals surface area contributed by atoms with Gasteiger partial charge >= 0.3 is 11.8 Å². The average molecular weight is 324 g/mol. The third kappa shape index (κ3) is 4.08. The standard InChI is InChI=1S/C13H16N4O2S2/c1-4-9-6-14-12(21-9)8(3)16-10(18)11(19)17-13-15-5-7(2)20-13/h5-6,8H,4H2,1-3H3,(H,16,18)(H,15,17,19). The number of hydrogen-bond donors (Lipinski definition) is 2. The number of thiazole rings is 2. The summed E-state index contributed by atoms with van der Waals surface area (Å²) >= 11 is 2.86. The van der Waals surface area contributed by atoms with Crippen LogP contribution in [0.1, 0.15) is 34.7 Å². The van der Waals surface area contributed by atoms with E-state index in [4.69, 9.17) is 0 Å². The molecule has 2 aromatic heterocycles. The molecule has 2 heterocycles. The number of carbonyl (C=O) groups is 2. The molecular weight excluding hydrogens is 308 g/mol. The Kier molecular flexibility index (Phi) is 5.03. The Morgan fingerprint density at radius 2 is 2.00 bits per heavy atom. The maximum absolute atomic E-state index is 11.8. The number of hydrogen-bond acceptors (Lipinski definition) is 6. The highest BCUT2D eigenvalue weighted by atomic mass is 32.1. The lowest BCUT2D eigenvalue weighted by Gasteiger charge is -2.10. The van der Waals surface area contributed by atoms with Gasteiger partial charge in [0.1, 0.15) is 5.01 Å². The number of aryl methyl sites for hydroxylation is 2. The van der Waals surface area contributed by atoms with Gasteiger partial charge in [-0.25, -0.2) is 9.97 Å². The van der Waals surface area contributed by atoms with Crippen molar-refractivity contribution >= 4 is 39.6 Å². The summed E-state index contributed by atoms with van der Waals surface area (Å²) in [6.07, 6.45) is 4.34. The Morgan fingerprint density at radius 1 is 1.24 bits per heavy atom. The first kappa shape index (κ1) is 15.6. The van der Waals surface area contributed by atoms with E-state index in [1.807, 2.05) is 13.8 Å². The summed E-state index contributed by atoms with van der Waals surface area (Å²) in [5, 5.41) is 6.32. The van der Waals surface area contributed by atoms with Gasteiger partial charge in [0.25, 0.3) is 0 Å². The van der Waals surface area contributed by atoms with Crippen molar-refractivity contribution in [3.05, 3.63) is 27.2 Å². The number of anilines is 1. The summed E-state index contributed by atoms with van der Waals surface area (Å²) in [6.45, 7) is 5.73. The molecule has 21 heavy (non-hydrogen) atoms. The van der Waals surface area contributed by atoms with E-state index in [0.717, 1.165) is 21.2 Å². The molecule has 0 radical (unpaired) electrons. The van der Waals surface area contributed by atoms with Crippen LogP contribution in [-0.4, -0.2) is 21.8 Å². The highest BCUT2D eigenvalue weighted by Crippen LogP contribution is 2.20. The van der Waals surface area contributed by atoms with Crippen LogP contribution in [0.4, 0.5) is 5.13 Å². The first-order valence-electron chi connectivity index (χ1n) is 6.48. The van der Waals surface area contributed by atoms with Crippen LogP contribution in [0.25, 0.3) is 0 Å². The molecule has 2 N–H and O–H groups in total. The van der Waals surface area contributed by atoms with Gasteiger partial charge < -0.3 is 5.32 Å². The number of amides is 2. The van der Waals surface area contributed by atoms with Crippen LogP contribution in [0, 0.1) is 6.92 Å². The second-order valence-corrected chi connectivity index (χ2v) is 6.83. The number of carbonyl (C=O) groups excluding carboxylic acids is 2. The molecule has 6 nitrogen and oxygen atoms in total. The van der Waals surface area contributed by atoms with Crippen LogP contribution >= 0.6 is 22.7 Å². The molecule has 0 aliphatic rings. The van der Waals surface area contributed by atoms with Gasteiger partial charge in [0.05, 0.1) is 6.04 Å². The summed E-state index contributed by atoms with van der Waals surface area (Å²) in [7, 11) is 0. The second-order valence-electron chi connectivity index (χ2n) is 4.44. The van der Waals surface area contributed by atoms with E-state index in [1.165, 1.54) is 22.7 Å². The van der Waals surface area contributed by atoms with Gasteiger partial charge in [0, 0.05) is 22.1 Å². The normalized spacial score (nSPS) is 12.0. The minimum Gasteiger partial charge on any atom is -0.339 e. The minimum atomic E-state index is -0.719. The van der Waals surface area contributed by atoms with Crippen molar-refractivity contribution in [3.8, 4) is 0 Å². The topological polar surface area (TPSA) is 84.0 Å². The molecule has 2 aromatic rings. The third-order valence-corrected chi connectivity index (χ3v) is 4.84. The molecular formula is C13H16N4O2S2. The van der Waals surface area contributed by atoms with E-state index in [9.17, 15) is 9.59 Å². The van der Waals surface area contributed by atoms with E-state index in [2.05, 4.69) is 20.6 Å². The van der Waals surface area contributed by atoms with E-state index < -0.39 is 11.8 Å². The zero-order valence-corrected chi connectivity index (χ0v) is 13.6. The van der Waals surface area contributed by atoms with Gasteiger partial charge in [0.2, 0.25) is 0 Å². The van der Waals surface area contributed by atoms with E-state index in [1.54, 1.807) is 19.3 Å². The molecule has 0 fully saturated rings. The Morgan fingerprint density at radius 3 is 2.57 bits per heavy atom. The molecule has 1 atom stereocenters. The number of nitrogens with one attached hydrogen (secondary N) is 2. The highest BCUT2D eigenvalue weighted by Gasteiger charge is 2.19. The first-order chi connectivity index (χ1) is 9.99. The fraction of sp³-hybridized carbons (Fsp3) is 0.385. The smallest absolute Gasteiger partial charge is 0.315 e. The van der Waals surface area contributed by atoms with Crippen molar-refractivity contribution in [2.75, 3.05) is 5.32 Å². The van der Waals surface area contributed by atoms with Crippen LogP contribution < -0.4 is 10.6 Å². The summed E-state index contributed by atoms with van der Waals surface area (Å²) in [5.74, 6) is -1.41. The molecule has 2 rings (SSSR count). The quantitative estimate of drug-likeness (QED) is 0.845. The molecule has 0 aliphatic heterocycles. The maximum atomic E-state index is 11.8. The summed E-state index contributed by atoms with van der Waals surface area (Å²) in [5.41, 5.74) is 0. The van der Waals surface area contributed by atoms with Gasteiger partial charge in [-0.05, 0) is 20.3 Å².